The van der Waals surface area contributed by atoms with Crippen LogP contribution < -0.4 is 0 Å². The predicted octanol–water partition coefficient (Wildman–Crippen LogP) is 6.19. The molecule has 0 saturated carbocycles. The van der Waals surface area contributed by atoms with Crippen molar-refractivity contribution in [3.8, 4) is 0 Å². The van der Waals surface area contributed by atoms with Crippen molar-refractivity contribution < 1.29 is 14.3 Å². The second-order valence-electron chi connectivity index (χ2n) is 6.79. The van der Waals surface area contributed by atoms with Crippen molar-refractivity contribution in [2.24, 2.45) is 11.8 Å². The summed E-state index contributed by atoms with van der Waals surface area (Å²) < 4.78 is 5.76. The summed E-state index contributed by atoms with van der Waals surface area (Å²) in [5, 5.41) is 0. The average Bonchev–Trinajstić information content (AvgIpc) is 2.50. The van der Waals surface area contributed by atoms with E-state index in [2.05, 4.69) is 34.6 Å². The van der Waals surface area contributed by atoms with E-state index in [0.29, 0.717) is 11.8 Å². The van der Waals surface area contributed by atoms with Gasteiger partial charge in [0.05, 0.1) is 5.60 Å². The summed E-state index contributed by atoms with van der Waals surface area (Å²) in [6, 6.07) is 0. The molecule has 22 heavy (non-hydrogen) atoms. The minimum Gasteiger partial charge on any atom is -0.328 e. The first-order chi connectivity index (χ1) is 10.4. The van der Waals surface area contributed by atoms with Gasteiger partial charge < -0.3 is 14.3 Å². The van der Waals surface area contributed by atoms with E-state index in [1.165, 1.54) is 38.5 Å². The average molecular weight is 334 g/mol. The summed E-state index contributed by atoms with van der Waals surface area (Å²) in [7, 11) is -2.30. The Balaban J connectivity index is 4.56. The molecule has 2 unspecified atom stereocenters. The summed E-state index contributed by atoms with van der Waals surface area (Å²) in [6.45, 7) is 10.9. The summed E-state index contributed by atoms with van der Waals surface area (Å²) in [4.78, 5) is 18.9. The molecule has 0 aliphatic rings. The van der Waals surface area contributed by atoms with E-state index in [9.17, 15) is 9.79 Å². The lowest BCUT2D eigenvalue weighted by atomic mass is 9.73. The molecule has 4 heteroatoms. The van der Waals surface area contributed by atoms with E-state index >= 15 is 0 Å². The van der Waals surface area contributed by atoms with Crippen LogP contribution in [0.15, 0.2) is 0 Å². The summed E-state index contributed by atoms with van der Waals surface area (Å²) in [5.74, 6) is 0.679. The lowest BCUT2D eigenvalue weighted by Gasteiger charge is -2.43. The molecule has 0 aromatic heterocycles. The van der Waals surface area contributed by atoms with Gasteiger partial charge in [-0.05, 0) is 18.3 Å². The van der Waals surface area contributed by atoms with Crippen molar-refractivity contribution in [2.75, 3.05) is 0 Å². The van der Waals surface area contributed by atoms with E-state index in [-0.39, 0.29) is 5.60 Å². The molecule has 0 aliphatic heterocycles. The van der Waals surface area contributed by atoms with Crippen LogP contribution >= 0.6 is 8.60 Å². The number of rotatable bonds is 14. The Bertz CT molecular complexity index is 249. The van der Waals surface area contributed by atoms with Crippen LogP contribution in [0.5, 0.6) is 0 Å². The third-order valence-electron chi connectivity index (χ3n) is 5.32. The van der Waals surface area contributed by atoms with Crippen LogP contribution in [0.25, 0.3) is 0 Å². The van der Waals surface area contributed by atoms with Crippen molar-refractivity contribution in [1.82, 2.24) is 0 Å². The normalized spacial score (nSPS) is 17.5. The third-order valence-corrected chi connectivity index (χ3v) is 5.82. The maximum absolute atomic E-state index is 9.47. The molecule has 0 spiro atoms. The van der Waals surface area contributed by atoms with Crippen molar-refractivity contribution in [3.63, 3.8) is 0 Å². The molecule has 0 saturated heterocycles. The molecule has 2 atom stereocenters. The van der Waals surface area contributed by atoms with Crippen LogP contribution in [0.2, 0.25) is 0 Å². The van der Waals surface area contributed by atoms with Crippen LogP contribution in [0.1, 0.15) is 98.8 Å². The van der Waals surface area contributed by atoms with E-state index < -0.39 is 8.60 Å². The Morgan fingerprint density at radius 1 is 0.818 bits per heavy atom. The molecule has 0 heterocycles. The second kappa shape index (κ2) is 12.7. The van der Waals surface area contributed by atoms with Crippen LogP contribution in [-0.4, -0.2) is 15.4 Å². The quantitative estimate of drug-likeness (QED) is 0.294. The number of hydrogen-bond donors (Lipinski definition) is 2. The third kappa shape index (κ3) is 7.73. The molecule has 0 radical (unpaired) electrons. The van der Waals surface area contributed by atoms with Gasteiger partial charge in [0.2, 0.25) is 0 Å². The first-order valence-electron chi connectivity index (χ1n) is 9.31. The lowest BCUT2D eigenvalue weighted by Crippen LogP contribution is -2.44. The molecular weight excluding hydrogens is 295 g/mol. The lowest BCUT2D eigenvalue weighted by molar-refractivity contribution is -0.0527. The smallest absolute Gasteiger partial charge is 0.327 e. The first kappa shape index (κ1) is 22.3. The largest absolute Gasteiger partial charge is 0.328 e. The Morgan fingerprint density at radius 2 is 1.27 bits per heavy atom. The standard InChI is InChI=1S/C18H39O3P/c1-6-9-10-11-12-13-14-15-18(16(4)7-2,17(5)8-3)21-22(19)20/h16-17,19-20H,6-15H2,1-5H3. The highest BCUT2D eigenvalue weighted by molar-refractivity contribution is 7.39. The van der Waals surface area contributed by atoms with Gasteiger partial charge in [-0.25, -0.2) is 0 Å². The minimum atomic E-state index is -2.30. The fraction of sp³-hybridized carbons (Fsp3) is 1.00. The SMILES string of the molecule is CCCCCCCCCC(OP(O)O)(C(C)CC)C(C)CC. The van der Waals surface area contributed by atoms with Crippen molar-refractivity contribution in [3.05, 3.63) is 0 Å². The van der Waals surface area contributed by atoms with Crippen LogP contribution in [0.4, 0.5) is 0 Å². The maximum atomic E-state index is 9.47. The van der Waals surface area contributed by atoms with Crippen LogP contribution in [-0.2, 0) is 4.52 Å². The van der Waals surface area contributed by atoms with Crippen molar-refractivity contribution in [2.45, 2.75) is 104 Å². The highest BCUT2D eigenvalue weighted by atomic mass is 31.2. The zero-order chi connectivity index (χ0) is 17.0. The van der Waals surface area contributed by atoms with E-state index in [4.69, 9.17) is 4.52 Å². The molecule has 0 aromatic carbocycles. The van der Waals surface area contributed by atoms with Crippen LogP contribution in [0, 0.1) is 11.8 Å². The van der Waals surface area contributed by atoms with Gasteiger partial charge >= 0.3 is 8.60 Å². The molecule has 0 fully saturated rings. The van der Waals surface area contributed by atoms with E-state index in [0.717, 1.165) is 25.7 Å². The zero-order valence-electron chi connectivity index (χ0n) is 15.5. The predicted molar refractivity (Wildman–Crippen MR) is 96.7 cm³/mol. The summed E-state index contributed by atoms with van der Waals surface area (Å²) in [5.41, 5.74) is -0.387. The van der Waals surface area contributed by atoms with E-state index in [1.54, 1.807) is 0 Å². The molecule has 0 bridgehead atoms. The molecule has 3 nitrogen and oxygen atoms in total. The minimum absolute atomic E-state index is 0.340. The fourth-order valence-electron chi connectivity index (χ4n) is 3.41. The first-order valence-corrected chi connectivity index (χ1v) is 10.5. The molecule has 0 aromatic rings. The number of hydrogen-bond acceptors (Lipinski definition) is 3. The zero-order valence-corrected chi connectivity index (χ0v) is 16.4. The maximum Gasteiger partial charge on any atom is 0.327 e. The van der Waals surface area contributed by atoms with Crippen molar-refractivity contribution in [1.29, 1.82) is 0 Å². The molecule has 134 valence electrons. The van der Waals surface area contributed by atoms with Gasteiger partial charge in [0, 0.05) is 0 Å². The van der Waals surface area contributed by atoms with Crippen molar-refractivity contribution >= 4 is 8.60 Å². The van der Waals surface area contributed by atoms with Gasteiger partial charge in [-0.1, -0.05) is 92.4 Å². The molecule has 0 amide bonds. The van der Waals surface area contributed by atoms with Gasteiger partial charge in [-0.2, -0.15) is 0 Å². The van der Waals surface area contributed by atoms with Gasteiger partial charge in [0.15, 0.2) is 0 Å². The monoisotopic (exact) mass is 334 g/mol. The molecule has 2 N–H and O–H groups in total. The highest BCUT2D eigenvalue weighted by Gasteiger charge is 2.42. The Morgan fingerprint density at radius 3 is 1.68 bits per heavy atom. The van der Waals surface area contributed by atoms with Gasteiger partial charge in [0.25, 0.3) is 0 Å². The fourth-order valence-corrected chi connectivity index (χ4v) is 4.16. The Hall–Kier alpha value is 0.310. The van der Waals surface area contributed by atoms with Gasteiger partial charge in [-0.15, -0.1) is 0 Å². The van der Waals surface area contributed by atoms with Gasteiger partial charge in [-0.3, -0.25) is 0 Å². The molecular formula is C18H39O3P. The summed E-state index contributed by atoms with van der Waals surface area (Å²) >= 11 is 0. The van der Waals surface area contributed by atoms with Crippen LogP contribution in [0.3, 0.4) is 0 Å². The topological polar surface area (TPSA) is 49.7 Å². The highest BCUT2D eigenvalue weighted by Crippen LogP contribution is 2.46. The second-order valence-corrected chi connectivity index (χ2v) is 7.48. The van der Waals surface area contributed by atoms with E-state index in [1.807, 2.05) is 0 Å². The molecule has 0 rings (SSSR count). The Kier molecular flexibility index (Phi) is 12.9. The summed E-state index contributed by atoms with van der Waals surface area (Å²) in [6.07, 6.45) is 11.8. The molecule has 0 aliphatic carbocycles. The Labute approximate surface area is 139 Å². The number of unbranched alkanes of at least 4 members (excludes halogenated alkanes) is 6. The van der Waals surface area contributed by atoms with Gasteiger partial charge in [0.1, 0.15) is 0 Å².